The summed E-state index contributed by atoms with van der Waals surface area (Å²) in [4.78, 5) is 11.8. The van der Waals surface area contributed by atoms with Gasteiger partial charge in [0, 0.05) is 11.3 Å². The number of benzene rings is 2. The second kappa shape index (κ2) is 9.15. The van der Waals surface area contributed by atoms with E-state index in [1.165, 1.54) is 6.21 Å². The lowest BCUT2D eigenvalue weighted by Crippen LogP contribution is -2.25. The number of ether oxygens (including phenoxy) is 1. The summed E-state index contributed by atoms with van der Waals surface area (Å²) in [5, 5.41) is 7.69. The fraction of sp³-hybridized carbons (Fsp3) is 0.176. The Morgan fingerprint density at radius 3 is 2.67 bits per heavy atom. The molecular weight excluding hydrogens is 349 g/mol. The highest BCUT2D eigenvalue weighted by atomic mass is 35.5. The predicted octanol–water partition coefficient (Wildman–Crippen LogP) is 3.95. The van der Waals surface area contributed by atoms with Gasteiger partial charge in [-0.15, -0.1) is 0 Å². The van der Waals surface area contributed by atoms with E-state index in [1.54, 1.807) is 18.2 Å². The Kier molecular flexibility index (Phi) is 6.90. The summed E-state index contributed by atoms with van der Waals surface area (Å²) in [6.45, 7) is 2.63. The third-order valence-corrected chi connectivity index (χ3v) is 3.83. The summed E-state index contributed by atoms with van der Waals surface area (Å²) in [6, 6.07) is 12.5. The summed E-state index contributed by atoms with van der Waals surface area (Å²) in [7, 11) is 0. The lowest BCUT2D eigenvalue weighted by atomic mass is 10.2. The van der Waals surface area contributed by atoms with E-state index >= 15 is 0 Å². The van der Waals surface area contributed by atoms with Crippen LogP contribution in [0.2, 0.25) is 10.0 Å². The minimum absolute atomic E-state index is 0.0919. The van der Waals surface area contributed by atoms with E-state index in [0.717, 1.165) is 11.4 Å². The van der Waals surface area contributed by atoms with E-state index in [0.29, 0.717) is 22.2 Å². The molecule has 0 aliphatic rings. The van der Waals surface area contributed by atoms with Crippen molar-refractivity contribution in [3.05, 3.63) is 58.1 Å². The largest absolute Gasteiger partial charge is 0.494 e. The standard InChI is InChI=1S/C17H17Cl2N3O2/c1-2-24-14-8-6-13(7-9-14)20-11-16(23)22-21-10-12-4-3-5-15(18)17(12)19/h3-10,20H,2,11H2,1H3,(H,22,23). The average Bonchev–Trinajstić information content (AvgIpc) is 2.58. The second-order valence-corrected chi connectivity index (χ2v) is 5.53. The van der Waals surface area contributed by atoms with Crippen molar-refractivity contribution in [2.75, 3.05) is 18.5 Å². The van der Waals surface area contributed by atoms with Crippen LogP contribution < -0.4 is 15.5 Å². The fourth-order valence-corrected chi connectivity index (χ4v) is 2.21. The van der Waals surface area contributed by atoms with Gasteiger partial charge in [-0.2, -0.15) is 5.10 Å². The topological polar surface area (TPSA) is 62.7 Å². The van der Waals surface area contributed by atoms with Gasteiger partial charge in [0.25, 0.3) is 5.91 Å². The number of nitrogens with one attached hydrogen (secondary N) is 2. The number of anilines is 1. The molecule has 24 heavy (non-hydrogen) atoms. The molecule has 7 heteroatoms. The van der Waals surface area contributed by atoms with Gasteiger partial charge in [-0.25, -0.2) is 5.43 Å². The Morgan fingerprint density at radius 1 is 1.21 bits per heavy atom. The maximum atomic E-state index is 11.8. The molecule has 0 aliphatic carbocycles. The number of rotatable bonds is 7. The Labute approximate surface area is 150 Å². The highest BCUT2D eigenvalue weighted by molar-refractivity contribution is 6.43. The zero-order chi connectivity index (χ0) is 17.4. The van der Waals surface area contributed by atoms with E-state index in [-0.39, 0.29) is 12.5 Å². The third-order valence-electron chi connectivity index (χ3n) is 2.99. The van der Waals surface area contributed by atoms with Crippen molar-refractivity contribution in [1.29, 1.82) is 0 Å². The smallest absolute Gasteiger partial charge is 0.259 e. The molecule has 0 fully saturated rings. The van der Waals surface area contributed by atoms with Crippen LogP contribution in [0, 0.1) is 0 Å². The van der Waals surface area contributed by atoms with Gasteiger partial charge >= 0.3 is 0 Å². The molecule has 5 nitrogen and oxygen atoms in total. The number of amides is 1. The van der Waals surface area contributed by atoms with Crippen molar-refractivity contribution in [3.63, 3.8) is 0 Å². The molecule has 0 spiro atoms. The SMILES string of the molecule is CCOc1ccc(NCC(=O)NN=Cc2cccc(Cl)c2Cl)cc1. The molecule has 0 heterocycles. The summed E-state index contributed by atoms with van der Waals surface area (Å²) >= 11 is 11.9. The van der Waals surface area contributed by atoms with Crippen LogP contribution in [-0.4, -0.2) is 25.3 Å². The molecule has 1 amide bonds. The summed E-state index contributed by atoms with van der Waals surface area (Å²) < 4.78 is 5.35. The van der Waals surface area contributed by atoms with Crippen LogP contribution in [0.5, 0.6) is 5.75 Å². The van der Waals surface area contributed by atoms with Crippen LogP contribution in [0.15, 0.2) is 47.6 Å². The first kappa shape index (κ1) is 18.1. The summed E-state index contributed by atoms with van der Waals surface area (Å²) in [5.74, 6) is 0.508. The molecule has 0 saturated heterocycles. The molecule has 0 unspecified atom stereocenters. The first-order valence-electron chi connectivity index (χ1n) is 7.32. The van der Waals surface area contributed by atoms with Gasteiger partial charge in [-0.1, -0.05) is 35.3 Å². The zero-order valence-corrected chi connectivity index (χ0v) is 14.6. The highest BCUT2D eigenvalue weighted by Crippen LogP contribution is 2.24. The Morgan fingerprint density at radius 2 is 1.96 bits per heavy atom. The highest BCUT2D eigenvalue weighted by Gasteiger charge is 2.03. The van der Waals surface area contributed by atoms with Crippen molar-refractivity contribution in [3.8, 4) is 5.75 Å². The second-order valence-electron chi connectivity index (χ2n) is 4.75. The molecule has 2 N–H and O–H groups in total. The van der Waals surface area contributed by atoms with Gasteiger partial charge in [0.2, 0.25) is 0 Å². The van der Waals surface area contributed by atoms with Crippen molar-refractivity contribution in [2.24, 2.45) is 5.10 Å². The molecular formula is C17H17Cl2N3O2. The van der Waals surface area contributed by atoms with E-state index in [9.17, 15) is 4.79 Å². The first-order chi connectivity index (χ1) is 11.6. The van der Waals surface area contributed by atoms with Crippen molar-refractivity contribution >= 4 is 41.0 Å². The molecule has 2 aromatic rings. The molecule has 0 aliphatic heterocycles. The van der Waals surface area contributed by atoms with Gasteiger partial charge in [-0.05, 0) is 37.3 Å². The normalized spacial score (nSPS) is 10.6. The summed E-state index contributed by atoms with van der Waals surface area (Å²) in [6.07, 6.45) is 1.45. The molecule has 0 bridgehead atoms. The Balaban J connectivity index is 1.81. The maximum absolute atomic E-state index is 11.8. The number of halogens is 2. The molecule has 2 aromatic carbocycles. The Bertz CT molecular complexity index is 718. The summed E-state index contributed by atoms with van der Waals surface area (Å²) in [5.41, 5.74) is 3.87. The van der Waals surface area contributed by atoms with Gasteiger partial charge in [0.05, 0.1) is 29.4 Å². The number of hydrogen-bond acceptors (Lipinski definition) is 4. The third kappa shape index (κ3) is 5.44. The molecule has 0 aromatic heterocycles. The van der Waals surface area contributed by atoms with E-state index in [2.05, 4.69) is 15.8 Å². The minimum atomic E-state index is -0.279. The van der Waals surface area contributed by atoms with Gasteiger partial charge in [-0.3, -0.25) is 4.79 Å². The molecule has 0 radical (unpaired) electrons. The molecule has 126 valence electrons. The van der Waals surface area contributed by atoms with Gasteiger partial charge < -0.3 is 10.1 Å². The zero-order valence-electron chi connectivity index (χ0n) is 13.1. The lowest BCUT2D eigenvalue weighted by Gasteiger charge is -2.07. The van der Waals surface area contributed by atoms with Crippen molar-refractivity contribution in [1.82, 2.24) is 5.43 Å². The number of hydrazone groups is 1. The lowest BCUT2D eigenvalue weighted by molar-refractivity contribution is -0.119. The van der Waals surface area contributed by atoms with Crippen LogP contribution >= 0.6 is 23.2 Å². The van der Waals surface area contributed by atoms with Crippen LogP contribution in [-0.2, 0) is 4.79 Å². The van der Waals surface area contributed by atoms with Crippen molar-refractivity contribution in [2.45, 2.75) is 6.92 Å². The van der Waals surface area contributed by atoms with E-state index < -0.39 is 0 Å². The van der Waals surface area contributed by atoms with Crippen LogP contribution in [0.3, 0.4) is 0 Å². The Hall–Kier alpha value is -2.24. The van der Waals surface area contributed by atoms with Gasteiger partial charge in [0.1, 0.15) is 5.75 Å². The predicted molar refractivity (Wildman–Crippen MR) is 98.3 cm³/mol. The average molecular weight is 366 g/mol. The van der Waals surface area contributed by atoms with E-state index in [4.69, 9.17) is 27.9 Å². The number of nitrogens with zero attached hydrogens (tertiary/aromatic N) is 1. The van der Waals surface area contributed by atoms with Crippen LogP contribution in [0.1, 0.15) is 12.5 Å². The van der Waals surface area contributed by atoms with Crippen LogP contribution in [0.25, 0.3) is 0 Å². The maximum Gasteiger partial charge on any atom is 0.259 e. The quantitative estimate of drug-likeness (QED) is 0.576. The fourth-order valence-electron chi connectivity index (χ4n) is 1.85. The molecule has 2 rings (SSSR count). The van der Waals surface area contributed by atoms with E-state index in [1.807, 2.05) is 31.2 Å². The van der Waals surface area contributed by atoms with Crippen LogP contribution in [0.4, 0.5) is 5.69 Å². The molecule has 0 atom stereocenters. The number of hydrogen-bond donors (Lipinski definition) is 2. The first-order valence-corrected chi connectivity index (χ1v) is 8.08. The monoisotopic (exact) mass is 365 g/mol. The van der Waals surface area contributed by atoms with Gasteiger partial charge in [0.15, 0.2) is 0 Å². The molecule has 0 saturated carbocycles. The minimum Gasteiger partial charge on any atom is -0.494 e. The number of carbonyl (C=O) groups is 1. The number of carbonyl (C=O) groups excluding carboxylic acids is 1. The van der Waals surface area contributed by atoms with Crippen molar-refractivity contribution < 1.29 is 9.53 Å².